The van der Waals surface area contributed by atoms with E-state index in [0.717, 1.165) is 11.3 Å². The zero-order valence-electron chi connectivity index (χ0n) is 10.9. The fourth-order valence-corrected chi connectivity index (χ4v) is 2.29. The first-order chi connectivity index (χ1) is 8.41. The van der Waals surface area contributed by atoms with Crippen molar-refractivity contribution in [3.05, 3.63) is 34.4 Å². The average molecular weight is 269 g/mol. The van der Waals surface area contributed by atoms with Crippen molar-refractivity contribution in [1.29, 1.82) is 0 Å². The van der Waals surface area contributed by atoms with Crippen molar-refractivity contribution >= 4 is 11.6 Å². The van der Waals surface area contributed by atoms with Gasteiger partial charge in [0.2, 0.25) is 0 Å². The first-order valence-electron chi connectivity index (χ1n) is 5.83. The average Bonchev–Trinajstić information content (AvgIpc) is 2.81. The van der Waals surface area contributed by atoms with E-state index in [4.69, 9.17) is 11.6 Å². The standard InChI is InChI=1S/C12H17ClN4O/c1-7(2)17-11(10(13)5-14-17)12(18)9-6-16(4)15-8(9)3/h5-7,12,18H,1-4H3. The highest BCUT2D eigenvalue weighted by Gasteiger charge is 2.24. The van der Waals surface area contributed by atoms with Crippen LogP contribution in [0.15, 0.2) is 12.4 Å². The van der Waals surface area contributed by atoms with Crippen LogP contribution < -0.4 is 0 Å². The minimum atomic E-state index is -0.809. The minimum absolute atomic E-state index is 0.138. The summed E-state index contributed by atoms with van der Waals surface area (Å²) in [4.78, 5) is 0. The number of aryl methyl sites for hydroxylation is 2. The molecule has 0 fully saturated rings. The van der Waals surface area contributed by atoms with Gasteiger partial charge in [-0.2, -0.15) is 10.2 Å². The second kappa shape index (κ2) is 4.74. The van der Waals surface area contributed by atoms with Crippen molar-refractivity contribution in [3.8, 4) is 0 Å². The fraction of sp³-hybridized carbons (Fsp3) is 0.500. The Bertz CT molecular complexity index is 558. The van der Waals surface area contributed by atoms with Crippen LogP contribution in [0.1, 0.15) is 42.9 Å². The van der Waals surface area contributed by atoms with Gasteiger partial charge in [0, 0.05) is 24.8 Å². The molecule has 98 valence electrons. The summed E-state index contributed by atoms with van der Waals surface area (Å²) in [5, 5.41) is 19.4. The second-order valence-corrected chi connectivity index (χ2v) is 5.07. The van der Waals surface area contributed by atoms with Gasteiger partial charge in [-0.25, -0.2) is 0 Å². The first kappa shape index (κ1) is 13.1. The molecule has 2 aromatic rings. The van der Waals surface area contributed by atoms with Crippen LogP contribution >= 0.6 is 11.6 Å². The lowest BCUT2D eigenvalue weighted by molar-refractivity contribution is 0.204. The summed E-state index contributed by atoms with van der Waals surface area (Å²) in [5.41, 5.74) is 2.15. The van der Waals surface area contributed by atoms with Crippen LogP contribution in [0.4, 0.5) is 0 Å². The van der Waals surface area contributed by atoms with Gasteiger partial charge in [-0.05, 0) is 20.8 Å². The SMILES string of the molecule is Cc1nn(C)cc1C(O)c1c(Cl)cnn1C(C)C. The number of aliphatic hydroxyl groups excluding tert-OH is 1. The third kappa shape index (κ3) is 2.15. The van der Waals surface area contributed by atoms with Gasteiger partial charge in [0.15, 0.2) is 0 Å². The highest BCUT2D eigenvalue weighted by atomic mass is 35.5. The molecule has 0 bridgehead atoms. The Morgan fingerprint density at radius 2 is 2.06 bits per heavy atom. The Balaban J connectivity index is 2.48. The highest BCUT2D eigenvalue weighted by Crippen LogP contribution is 2.31. The van der Waals surface area contributed by atoms with Gasteiger partial charge in [-0.3, -0.25) is 9.36 Å². The number of aliphatic hydroxyl groups is 1. The van der Waals surface area contributed by atoms with E-state index in [9.17, 15) is 5.11 Å². The van der Waals surface area contributed by atoms with E-state index in [2.05, 4.69) is 10.2 Å². The molecule has 0 amide bonds. The van der Waals surface area contributed by atoms with Crippen LogP contribution in [0.5, 0.6) is 0 Å². The molecule has 0 aliphatic carbocycles. The van der Waals surface area contributed by atoms with Crippen LogP contribution in [-0.4, -0.2) is 24.7 Å². The molecule has 18 heavy (non-hydrogen) atoms. The van der Waals surface area contributed by atoms with Gasteiger partial charge in [0.05, 0.1) is 22.6 Å². The van der Waals surface area contributed by atoms with Crippen LogP contribution in [0.3, 0.4) is 0 Å². The molecule has 0 saturated heterocycles. The molecule has 1 atom stereocenters. The van der Waals surface area contributed by atoms with Gasteiger partial charge in [-0.15, -0.1) is 0 Å². The van der Waals surface area contributed by atoms with Crippen molar-refractivity contribution in [2.45, 2.75) is 32.9 Å². The normalized spacial score (nSPS) is 13.3. The predicted octanol–water partition coefficient (Wildman–Crippen LogP) is 2.24. The smallest absolute Gasteiger partial charge is 0.125 e. The van der Waals surface area contributed by atoms with E-state index in [1.54, 1.807) is 21.8 Å². The van der Waals surface area contributed by atoms with E-state index in [1.807, 2.05) is 27.8 Å². The molecular formula is C12H17ClN4O. The second-order valence-electron chi connectivity index (χ2n) is 4.66. The lowest BCUT2D eigenvalue weighted by Crippen LogP contribution is -2.12. The predicted molar refractivity (Wildman–Crippen MR) is 69.6 cm³/mol. The minimum Gasteiger partial charge on any atom is -0.382 e. The summed E-state index contributed by atoms with van der Waals surface area (Å²) in [6.45, 7) is 5.85. The maximum Gasteiger partial charge on any atom is 0.125 e. The van der Waals surface area contributed by atoms with Gasteiger partial charge in [0.25, 0.3) is 0 Å². The molecular weight excluding hydrogens is 252 g/mol. The van der Waals surface area contributed by atoms with Crippen LogP contribution in [-0.2, 0) is 7.05 Å². The molecule has 1 N–H and O–H groups in total. The van der Waals surface area contributed by atoms with Gasteiger partial charge in [-0.1, -0.05) is 11.6 Å². The molecule has 6 heteroatoms. The van der Waals surface area contributed by atoms with Crippen molar-refractivity contribution in [2.75, 3.05) is 0 Å². The molecule has 0 radical (unpaired) electrons. The van der Waals surface area contributed by atoms with Crippen molar-refractivity contribution in [1.82, 2.24) is 19.6 Å². The Labute approximate surface area is 111 Å². The molecule has 5 nitrogen and oxygen atoms in total. The Kier molecular flexibility index (Phi) is 3.45. The molecule has 0 spiro atoms. The summed E-state index contributed by atoms with van der Waals surface area (Å²) >= 11 is 6.12. The van der Waals surface area contributed by atoms with E-state index in [-0.39, 0.29) is 6.04 Å². The van der Waals surface area contributed by atoms with E-state index < -0.39 is 6.10 Å². The van der Waals surface area contributed by atoms with Crippen LogP contribution in [0, 0.1) is 6.92 Å². The number of rotatable bonds is 3. The number of nitrogens with zero attached hydrogens (tertiary/aromatic N) is 4. The summed E-state index contributed by atoms with van der Waals surface area (Å²) in [6, 6.07) is 0.138. The zero-order chi connectivity index (χ0) is 13.4. The number of halogens is 1. The van der Waals surface area contributed by atoms with Crippen LogP contribution in [0.2, 0.25) is 5.02 Å². The Morgan fingerprint density at radius 3 is 2.56 bits per heavy atom. The third-order valence-electron chi connectivity index (χ3n) is 2.88. The molecule has 2 heterocycles. The maximum atomic E-state index is 10.5. The quantitative estimate of drug-likeness (QED) is 0.929. The summed E-state index contributed by atoms with van der Waals surface area (Å²) in [5.74, 6) is 0. The molecule has 0 aliphatic rings. The van der Waals surface area contributed by atoms with Crippen molar-refractivity contribution in [3.63, 3.8) is 0 Å². The monoisotopic (exact) mass is 268 g/mol. The molecule has 0 aromatic carbocycles. The molecule has 2 aromatic heterocycles. The maximum absolute atomic E-state index is 10.5. The highest BCUT2D eigenvalue weighted by molar-refractivity contribution is 6.31. The van der Waals surface area contributed by atoms with Crippen molar-refractivity contribution < 1.29 is 5.11 Å². The number of hydrogen-bond donors (Lipinski definition) is 1. The lowest BCUT2D eigenvalue weighted by Gasteiger charge is -2.16. The first-order valence-corrected chi connectivity index (χ1v) is 6.20. The van der Waals surface area contributed by atoms with Gasteiger partial charge < -0.3 is 5.11 Å². The fourth-order valence-electron chi connectivity index (χ4n) is 2.05. The van der Waals surface area contributed by atoms with Crippen molar-refractivity contribution in [2.24, 2.45) is 7.05 Å². The summed E-state index contributed by atoms with van der Waals surface area (Å²) in [6.07, 6.45) is 2.55. The topological polar surface area (TPSA) is 55.9 Å². The van der Waals surface area contributed by atoms with Gasteiger partial charge >= 0.3 is 0 Å². The molecule has 1 unspecified atom stereocenters. The van der Waals surface area contributed by atoms with Crippen LogP contribution in [0.25, 0.3) is 0 Å². The Morgan fingerprint density at radius 1 is 1.39 bits per heavy atom. The molecule has 0 saturated carbocycles. The van der Waals surface area contributed by atoms with E-state index in [1.165, 1.54) is 0 Å². The summed E-state index contributed by atoms with van der Waals surface area (Å²) in [7, 11) is 1.82. The van der Waals surface area contributed by atoms with E-state index >= 15 is 0 Å². The molecule has 0 aliphatic heterocycles. The lowest BCUT2D eigenvalue weighted by atomic mass is 10.1. The van der Waals surface area contributed by atoms with E-state index in [0.29, 0.717) is 10.7 Å². The number of aromatic nitrogens is 4. The zero-order valence-corrected chi connectivity index (χ0v) is 11.7. The third-order valence-corrected chi connectivity index (χ3v) is 3.17. The van der Waals surface area contributed by atoms with Gasteiger partial charge in [0.1, 0.15) is 6.10 Å². The largest absolute Gasteiger partial charge is 0.382 e. The Hall–Kier alpha value is -1.33. The summed E-state index contributed by atoms with van der Waals surface area (Å²) < 4.78 is 3.41. The molecule has 2 rings (SSSR count). The number of hydrogen-bond acceptors (Lipinski definition) is 3.